The molecule has 1 saturated carbocycles. The van der Waals surface area contributed by atoms with Crippen molar-refractivity contribution in [3.05, 3.63) is 0 Å². The van der Waals surface area contributed by atoms with Gasteiger partial charge in [-0.1, -0.05) is 19.3 Å². The molecule has 0 atom stereocenters. The zero-order valence-corrected chi connectivity index (χ0v) is 11.7. The molecule has 0 radical (unpaired) electrons. The van der Waals surface area contributed by atoms with Gasteiger partial charge in [0.1, 0.15) is 0 Å². The van der Waals surface area contributed by atoms with Crippen LogP contribution in [-0.4, -0.2) is 57.4 Å². The number of guanidine groups is 1. The molecule has 0 aromatic rings. The van der Waals surface area contributed by atoms with E-state index in [1.165, 1.54) is 32.1 Å². The van der Waals surface area contributed by atoms with Gasteiger partial charge in [-0.05, 0) is 12.8 Å². The fourth-order valence-electron chi connectivity index (χ4n) is 2.22. The highest BCUT2D eigenvalue weighted by Gasteiger charge is 2.14. The van der Waals surface area contributed by atoms with Crippen LogP contribution >= 0.6 is 0 Å². The van der Waals surface area contributed by atoms with E-state index in [0.717, 1.165) is 13.1 Å². The van der Waals surface area contributed by atoms with Crippen molar-refractivity contribution in [3.63, 3.8) is 0 Å². The molecule has 0 saturated heterocycles. The first-order chi connectivity index (χ1) is 8.77. The monoisotopic (exact) mass is 257 g/mol. The summed E-state index contributed by atoms with van der Waals surface area (Å²) in [6.07, 6.45) is 6.23. The Bertz CT molecular complexity index is 232. The smallest absolute Gasteiger partial charge is 0.191 e. The molecule has 0 aliphatic heterocycles. The van der Waals surface area contributed by atoms with Gasteiger partial charge in [0.05, 0.1) is 19.3 Å². The topological polar surface area (TPSA) is 60.1 Å². The Hall–Kier alpha value is -0.810. The second-order valence-electron chi connectivity index (χ2n) is 4.75. The summed E-state index contributed by atoms with van der Waals surface area (Å²) in [7, 11) is 3.39. The SMILES string of the molecule is COCCN(CCOC)C(N)=NC1CCCCC1. The molecule has 0 heterocycles. The average molecular weight is 257 g/mol. The highest BCUT2D eigenvalue weighted by Crippen LogP contribution is 2.20. The third kappa shape index (κ3) is 5.69. The van der Waals surface area contributed by atoms with Crippen LogP contribution in [0, 0.1) is 0 Å². The van der Waals surface area contributed by atoms with Gasteiger partial charge in [-0.25, -0.2) is 4.99 Å². The lowest BCUT2D eigenvalue weighted by Gasteiger charge is -2.25. The van der Waals surface area contributed by atoms with E-state index in [2.05, 4.69) is 4.99 Å². The average Bonchev–Trinajstić information content (AvgIpc) is 2.40. The van der Waals surface area contributed by atoms with Crippen molar-refractivity contribution < 1.29 is 9.47 Å². The van der Waals surface area contributed by atoms with Gasteiger partial charge in [-0.2, -0.15) is 0 Å². The first kappa shape index (κ1) is 15.2. The number of hydrogen-bond donors (Lipinski definition) is 1. The highest BCUT2D eigenvalue weighted by molar-refractivity contribution is 5.78. The molecule has 0 aromatic carbocycles. The van der Waals surface area contributed by atoms with Crippen LogP contribution in [0.5, 0.6) is 0 Å². The number of rotatable bonds is 7. The van der Waals surface area contributed by atoms with E-state index in [1.807, 2.05) is 4.90 Å². The minimum atomic E-state index is 0.409. The van der Waals surface area contributed by atoms with Crippen molar-refractivity contribution in [2.45, 2.75) is 38.1 Å². The normalized spacial score (nSPS) is 18.0. The predicted octanol–water partition coefficient (Wildman–Crippen LogP) is 1.23. The number of hydrogen-bond acceptors (Lipinski definition) is 3. The van der Waals surface area contributed by atoms with Crippen LogP contribution in [0.3, 0.4) is 0 Å². The standard InChI is InChI=1S/C13H27N3O2/c1-17-10-8-16(9-11-18-2)13(14)15-12-6-4-3-5-7-12/h12H,3-11H2,1-2H3,(H2,14,15). The predicted molar refractivity (Wildman–Crippen MR) is 73.8 cm³/mol. The number of aliphatic imine (C=N–C) groups is 1. The molecule has 1 aliphatic rings. The van der Waals surface area contributed by atoms with Gasteiger partial charge < -0.3 is 20.1 Å². The molecule has 5 heteroatoms. The van der Waals surface area contributed by atoms with Crippen LogP contribution in [0.1, 0.15) is 32.1 Å². The van der Waals surface area contributed by atoms with E-state index in [-0.39, 0.29) is 0 Å². The Morgan fingerprint density at radius 1 is 1.11 bits per heavy atom. The van der Waals surface area contributed by atoms with E-state index < -0.39 is 0 Å². The fraction of sp³-hybridized carbons (Fsp3) is 0.923. The zero-order valence-electron chi connectivity index (χ0n) is 11.7. The maximum atomic E-state index is 6.10. The Kier molecular flexibility index (Phi) is 7.76. The summed E-state index contributed by atoms with van der Waals surface area (Å²) in [5, 5.41) is 0. The first-order valence-corrected chi connectivity index (χ1v) is 6.84. The Morgan fingerprint density at radius 3 is 2.17 bits per heavy atom. The molecule has 1 rings (SSSR count). The summed E-state index contributed by atoms with van der Waals surface area (Å²) in [5.74, 6) is 0.635. The van der Waals surface area contributed by atoms with E-state index in [1.54, 1.807) is 14.2 Å². The summed E-state index contributed by atoms with van der Waals surface area (Å²) < 4.78 is 10.2. The molecular formula is C13H27N3O2. The molecule has 1 aliphatic carbocycles. The number of nitrogens with two attached hydrogens (primary N) is 1. The van der Waals surface area contributed by atoms with Crippen LogP contribution < -0.4 is 5.73 Å². The Morgan fingerprint density at radius 2 is 1.67 bits per heavy atom. The van der Waals surface area contributed by atoms with Crippen LogP contribution in [0.25, 0.3) is 0 Å². The van der Waals surface area contributed by atoms with E-state index in [9.17, 15) is 0 Å². The van der Waals surface area contributed by atoms with Gasteiger partial charge in [-0.15, -0.1) is 0 Å². The van der Waals surface area contributed by atoms with Crippen molar-refractivity contribution >= 4 is 5.96 Å². The van der Waals surface area contributed by atoms with Crippen molar-refractivity contribution in [2.75, 3.05) is 40.5 Å². The van der Waals surface area contributed by atoms with Crippen molar-refractivity contribution in [2.24, 2.45) is 10.7 Å². The van der Waals surface area contributed by atoms with Gasteiger partial charge >= 0.3 is 0 Å². The number of methoxy groups -OCH3 is 2. The molecule has 0 unspecified atom stereocenters. The van der Waals surface area contributed by atoms with Crippen molar-refractivity contribution in [3.8, 4) is 0 Å². The molecule has 106 valence electrons. The summed E-state index contributed by atoms with van der Waals surface area (Å²) in [6.45, 7) is 2.85. The van der Waals surface area contributed by atoms with Crippen LogP contribution in [0.4, 0.5) is 0 Å². The molecular weight excluding hydrogens is 230 g/mol. The van der Waals surface area contributed by atoms with Crippen LogP contribution in [0.15, 0.2) is 4.99 Å². The molecule has 5 nitrogen and oxygen atoms in total. The summed E-state index contributed by atoms with van der Waals surface area (Å²) in [4.78, 5) is 6.69. The lowest BCUT2D eigenvalue weighted by molar-refractivity contribution is 0.145. The van der Waals surface area contributed by atoms with Crippen LogP contribution in [0.2, 0.25) is 0 Å². The largest absolute Gasteiger partial charge is 0.383 e. The van der Waals surface area contributed by atoms with E-state index in [4.69, 9.17) is 15.2 Å². The molecule has 0 aromatic heterocycles. The van der Waals surface area contributed by atoms with Gasteiger partial charge in [0.15, 0.2) is 5.96 Å². The fourth-order valence-corrected chi connectivity index (χ4v) is 2.22. The van der Waals surface area contributed by atoms with Crippen molar-refractivity contribution in [1.82, 2.24) is 4.90 Å². The van der Waals surface area contributed by atoms with Gasteiger partial charge in [0.25, 0.3) is 0 Å². The summed E-state index contributed by atoms with van der Waals surface area (Å²) in [6, 6.07) is 0.409. The van der Waals surface area contributed by atoms with Gasteiger partial charge in [0, 0.05) is 27.3 Å². The highest BCUT2D eigenvalue weighted by atomic mass is 16.5. The Balaban J connectivity index is 2.48. The van der Waals surface area contributed by atoms with Crippen LogP contribution in [-0.2, 0) is 9.47 Å². The lowest BCUT2D eigenvalue weighted by atomic mass is 9.96. The quantitative estimate of drug-likeness (QED) is 0.550. The second kappa shape index (κ2) is 9.16. The maximum absolute atomic E-state index is 6.10. The molecule has 2 N–H and O–H groups in total. The first-order valence-electron chi connectivity index (χ1n) is 6.84. The minimum Gasteiger partial charge on any atom is -0.383 e. The third-order valence-corrected chi connectivity index (χ3v) is 3.34. The lowest BCUT2D eigenvalue weighted by Crippen LogP contribution is -2.42. The number of ether oxygens (including phenoxy) is 2. The van der Waals surface area contributed by atoms with E-state index in [0.29, 0.717) is 25.2 Å². The molecule has 0 amide bonds. The van der Waals surface area contributed by atoms with Gasteiger partial charge in [-0.3, -0.25) is 0 Å². The molecule has 18 heavy (non-hydrogen) atoms. The third-order valence-electron chi connectivity index (χ3n) is 3.34. The Labute approximate surface area is 110 Å². The summed E-state index contributed by atoms with van der Waals surface area (Å²) in [5.41, 5.74) is 6.10. The van der Waals surface area contributed by atoms with Crippen molar-refractivity contribution in [1.29, 1.82) is 0 Å². The van der Waals surface area contributed by atoms with Gasteiger partial charge in [0.2, 0.25) is 0 Å². The summed E-state index contributed by atoms with van der Waals surface area (Å²) >= 11 is 0. The molecule has 0 bridgehead atoms. The number of nitrogens with zero attached hydrogens (tertiary/aromatic N) is 2. The maximum Gasteiger partial charge on any atom is 0.191 e. The molecule has 0 spiro atoms. The molecule has 1 fully saturated rings. The minimum absolute atomic E-state index is 0.409. The zero-order chi connectivity index (χ0) is 13.2. The van der Waals surface area contributed by atoms with E-state index >= 15 is 0 Å². The second-order valence-corrected chi connectivity index (χ2v) is 4.75.